The zero-order chi connectivity index (χ0) is 25.9. The normalized spacial score (nSPS) is 20.8. The predicted molar refractivity (Wildman–Crippen MR) is 161 cm³/mol. The van der Waals surface area contributed by atoms with Crippen LogP contribution in [-0.2, 0) is 9.59 Å². The minimum Gasteiger partial charge on any atom is -0.412 e. The van der Waals surface area contributed by atoms with Gasteiger partial charge >= 0.3 is 0 Å². The van der Waals surface area contributed by atoms with Crippen LogP contribution in [0.2, 0.25) is 0 Å². The SMILES string of the molecule is C.CCN/C(C=C1C(=O)NC2=CCC(SC/C=C/CC/C=C/F)C=C21)=C(/C)CC(=O)N1CCN(C)CC1.O.O. The van der Waals surface area contributed by atoms with Crippen molar-refractivity contribution in [2.75, 3.05) is 45.5 Å². The van der Waals surface area contributed by atoms with E-state index < -0.39 is 0 Å². The third-order valence-electron chi connectivity index (χ3n) is 6.53. The number of amides is 2. The number of hydrogen-bond acceptors (Lipinski definition) is 5. The third-order valence-corrected chi connectivity index (χ3v) is 7.67. The first kappa shape index (κ1) is 36.3. The molecule has 0 spiro atoms. The van der Waals surface area contributed by atoms with Gasteiger partial charge in [-0.2, -0.15) is 0 Å². The minimum absolute atomic E-state index is 0. The Labute approximate surface area is 237 Å². The molecule has 1 aliphatic carbocycles. The maximum absolute atomic E-state index is 12.9. The summed E-state index contributed by atoms with van der Waals surface area (Å²) in [5.41, 5.74) is 4.23. The van der Waals surface area contributed by atoms with Crippen LogP contribution in [0.5, 0.6) is 0 Å². The van der Waals surface area contributed by atoms with Gasteiger partial charge in [-0.05, 0) is 51.8 Å². The standard InChI is InChI=1S/C28H39FN4O2S.CH4.2H2O/c1-4-30-26(21(2)18-27(34)33-15-13-32(3)14-16-33)20-24-23-19-22(10-11-25(23)31-28(24)35)36-17-9-7-5-6-8-12-29;;;/h7-9,11-12,19-20,22,30H,4-6,10,13-18H2,1-3H3,(H,31,35);1H4;2*1H2/b9-7+,12-8+,24-20?,26-21-;;;. The molecule has 1 atom stereocenters. The molecular formula is C29H47FN4O4S. The number of rotatable bonds is 11. The van der Waals surface area contributed by atoms with Gasteiger partial charge in [-0.25, -0.2) is 4.39 Å². The molecule has 1 unspecified atom stereocenters. The number of piperazine rings is 1. The van der Waals surface area contributed by atoms with E-state index in [9.17, 15) is 14.0 Å². The summed E-state index contributed by atoms with van der Waals surface area (Å²) in [5, 5.41) is 6.65. The largest absolute Gasteiger partial charge is 0.412 e. The van der Waals surface area contributed by atoms with E-state index in [-0.39, 0.29) is 35.4 Å². The Bertz CT molecular complexity index is 995. The van der Waals surface area contributed by atoms with Crippen molar-refractivity contribution in [3.8, 4) is 0 Å². The number of fused-ring (bicyclic) bond motifs is 1. The average molecular weight is 567 g/mol. The second-order valence-corrected chi connectivity index (χ2v) is 10.6. The van der Waals surface area contributed by atoms with Crippen molar-refractivity contribution >= 4 is 23.6 Å². The first-order valence-corrected chi connectivity index (χ1v) is 13.8. The third kappa shape index (κ3) is 10.8. The molecule has 0 bridgehead atoms. The summed E-state index contributed by atoms with van der Waals surface area (Å²) < 4.78 is 12.0. The molecule has 39 heavy (non-hydrogen) atoms. The molecule has 0 saturated carbocycles. The summed E-state index contributed by atoms with van der Waals surface area (Å²) in [6.07, 6.45) is 15.2. The Hall–Kier alpha value is -2.66. The summed E-state index contributed by atoms with van der Waals surface area (Å²) in [5.74, 6) is 0.897. The van der Waals surface area contributed by atoms with Crippen molar-refractivity contribution in [2.24, 2.45) is 0 Å². The molecule has 10 heteroatoms. The number of unbranched alkanes of at least 4 members (excludes halogenated alkanes) is 1. The summed E-state index contributed by atoms with van der Waals surface area (Å²) in [7, 11) is 2.08. The van der Waals surface area contributed by atoms with Crippen LogP contribution in [0, 0.1) is 0 Å². The highest BCUT2D eigenvalue weighted by molar-refractivity contribution is 8.00. The molecule has 3 rings (SSSR count). The average Bonchev–Trinajstić information content (AvgIpc) is 3.17. The van der Waals surface area contributed by atoms with E-state index in [0.717, 1.165) is 67.3 Å². The van der Waals surface area contributed by atoms with Crippen LogP contribution < -0.4 is 10.6 Å². The lowest BCUT2D eigenvalue weighted by molar-refractivity contribution is -0.132. The van der Waals surface area contributed by atoms with Gasteiger partial charge in [-0.3, -0.25) is 9.59 Å². The zero-order valence-corrected chi connectivity index (χ0v) is 23.5. The monoisotopic (exact) mass is 566 g/mol. The number of carbonyl (C=O) groups excluding carboxylic acids is 2. The fourth-order valence-electron chi connectivity index (χ4n) is 4.38. The van der Waals surface area contributed by atoms with Crippen molar-refractivity contribution in [3.63, 3.8) is 0 Å². The molecule has 2 amide bonds. The number of nitrogens with one attached hydrogen (secondary N) is 2. The predicted octanol–water partition coefficient (Wildman–Crippen LogP) is 3.21. The second-order valence-electron chi connectivity index (χ2n) is 9.31. The Morgan fingerprint density at radius 3 is 2.54 bits per heavy atom. The first-order valence-electron chi connectivity index (χ1n) is 12.8. The zero-order valence-electron chi connectivity index (χ0n) is 22.7. The van der Waals surface area contributed by atoms with Crippen LogP contribution >= 0.6 is 11.8 Å². The lowest BCUT2D eigenvalue weighted by Crippen LogP contribution is -2.47. The van der Waals surface area contributed by atoms with Gasteiger partial charge in [0, 0.05) is 67.1 Å². The molecule has 2 fully saturated rings. The Morgan fingerprint density at radius 1 is 1.18 bits per heavy atom. The molecule has 2 heterocycles. The number of hydrogen-bond donors (Lipinski definition) is 2. The van der Waals surface area contributed by atoms with E-state index in [1.807, 2.05) is 36.6 Å². The quantitative estimate of drug-likeness (QED) is 0.226. The van der Waals surface area contributed by atoms with Crippen LogP contribution in [0.4, 0.5) is 4.39 Å². The summed E-state index contributed by atoms with van der Waals surface area (Å²) in [6, 6.07) is 0. The highest BCUT2D eigenvalue weighted by Crippen LogP contribution is 2.34. The van der Waals surface area contributed by atoms with Gasteiger partial charge in [0.25, 0.3) is 5.91 Å². The minimum atomic E-state index is -0.104. The van der Waals surface area contributed by atoms with Crippen molar-refractivity contribution in [1.29, 1.82) is 0 Å². The number of carbonyl (C=O) groups is 2. The van der Waals surface area contributed by atoms with Crippen LogP contribution in [0.15, 0.2) is 70.9 Å². The summed E-state index contributed by atoms with van der Waals surface area (Å²) in [4.78, 5) is 29.9. The number of thioether (sulfide) groups is 1. The molecule has 0 aromatic carbocycles. The van der Waals surface area contributed by atoms with Gasteiger partial charge in [0.15, 0.2) is 0 Å². The molecule has 6 N–H and O–H groups in total. The number of allylic oxidation sites excluding steroid dienone is 5. The van der Waals surface area contributed by atoms with E-state index in [2.05, 4.69) is 46.9 Å². The molecule has 0 aromatic rings. The van der Waals surface area contributed by atoms with Crippen molar-refractivity contribution < 1.29 is 24.9 Å². The number of halogens is 1. The molecule has 2 aliphatic heterocycles. The molecule has 8 nitrogen and oxygen atoms in total. The lowest BCUT2D eigenvalue weighted by Gasteiger charge is -2.32. The lowest BCUT2D eigenvalue weighted by atomic mass is 9.98. The summed E-state index contributed by atoms with van der Waals surface area (Å²) >= 11 is 1.83. The van der Waals surface area contributed by atoms with Crippen LogP contribution in [0.25, 0.3) is 0 Å². The van der Waals surface area contributed by atoms with Gasteiger partial charge < -0.3 is 31.4 Å². The Balaban J connectivity index is 0.00000481. The van der Waals surface area contributed by atoms with Crippen molar-refractivity contribution in [1.82, 2.24) is 20.4 Å². The molecule has 0 aromatic heterocycles. The van der Waals surface area contributed by atoms with Gasteiger partial charge in [0.2, 0.25) is 5.91 Å². The maximum atomic E-state index is 12.9. The van der Waals surface area contributed by atoms with Crippen LogP contribution in [0.1, 0.15) is 47.0 Å². The number of likely N-dealkylation sites (N-methyl/N-ethyl adjacent to an activating group) is 2. The summed E-state index contributed by atoms with van der Waals surface area (Å²) in [6.45, 7) is 7.99. The number of nitrogens with zero attached hydrogens (tertiary/aromatic N) is 2. The molecule has 220 valence electrons. The second kappa shape index (κ2) is 18.6. The van der Waals surface area contributed by atoms with E-state index in [0.29, 0.717) is 31.3 Å². The van der Waals surface area contributed by atoms with Crippen LogP contribution in [0.3, 0.4) is 0 Å². The molecular weight excluding hydrogens is 519 g/mol. The smallest absolute Gasteiger partial charge is 0.256 e. The van der Waals surface area contributed by atoms with E-state index in [4.69, 9.17) is 0 Å². The maximum Gasteiger partial charge on any atom is 0.256 e. The fraction of sp³-hybridized carbons (Fsp3) is 0.517. The molecule has 0 radical (unpaired) electrons. The molecule has 2 saturated heterocycles. The van der Waals surface area contributed by atoms with Gasteiger partial charge in [-0.1, -0.05) is 37.8 Å². The van der Waals surface area contributed by atoms with Crippen LogP contribution in [-0.4, -0.2) is 83.3 Å². The molecule has 3 aliphatic rings. The highest BCUT2D eigenvalue weighted by Gasteiger charge is 2.30. The topological polar surface area (TPSA) is 128 Å². The Kier molecular flexibility index (Phi) is 17.3. The van der Waals surface area contributed by atoms with Crippen molar-refractivity contribution in [2.45, 2.75) is 52.2 Å². The van der Waals surface area contributed by atoms with Gasteiger partial charge in [0.1, 0.15) is 0 Å². The highest BCUT2D eigenvalue weighted by atomic mass is 32.2. The first-order chi connectivity index (χ1) is 17.4. The van der Waals surface area contributed by atoms with E-state index in [1.165, 1.54) is 6.08 Å². The van der Waals surface area contributed by atoms with Gasteiger partial charge in [-0.15, -0.1) is 11.8 Å². The van der Waals surface area contributed by atoms with E-state index >= 15 is 0 Å². The van der Waals surface area contributed by atoms with E-state index in [1.54, 1.807) is 0 Å². The van der Waals surface area contributed by atoms with Gasteiger partial charge in [0.05, 0.1) is 11.9 Å². The van der Waals surface area contributed by atoms with Crippen molar-refractivity contribution in [3.05, 3.63) is 70.9 Å². The fourth-order valence-corrected chi connectivity index (χ4v) is 5.34. The Morgan fingerprint density at radius 2 is 1.87 bits per heavy atom.